The second-order valence-corrected chi connectivity index (χ2v) is 5.06. The van der Waals surface area contributed by atoms with E-state index in [-0.39, 0.29) is 12.5 Å². The van der Waals surface area contributed by atoms with Gasteiger partial charge in [0, 0.05) is 26.7 Å². The number of hydrogen-bond acceptors (Lipinski definition) is 3. The van der Waals surface area contributed by atoms with Crippen LogP contribution in [0.3, 0.4) is 0 Å². The van der Waals surface area contributed by atoms with Crippen LogP contribution in [0.1, 0.15) is 26.3 Å². The molecule has 0 heterocycles. The average molecular weight is 320 g/mol. The molecule has 6 heteroatoms. The van der Waals surface area contributed by atoms with Gasteiger partial charge in [-0.25, -0.2) is 4.99 Å². The van der Waals surface area contributed by atoms with E-state index in [0.717, 1.165) is 17.9 Å². The normalized spacial score (nSPS) is 11.0. The number of hydrogen-bond donors (Lipinski definition) is 2. The van der Waals surface area contributed by atoms with Gasteiger partial charge >= 0.3 is 0 Å². The number of carbonyl (C=O) groups excluding carboxylic acids is 1. The number of nitrogens with zero attached hydrogens (tertiary/aromatic N) is 2. The Bertz CT molecular complexity index is 500. The zero-order chi connectivity index (χ0) is 17.1. The van der Waals surface area contributed by atoms with Crippen LogP contribution in [0, 0.1) is 0 Å². The summed E-state index contributed by atoms with van der Waals surface area (Å²) in [6.45, 7) is 8.73. The number of ether oxygens (including phenoxy) is 1. The molecular weight excluding hydrogens is 292 g/mol. The Balaban J connectivity index is 2.67. The van der Waals surface area contributed by atoms with Crippen molar-refractivity contribution < 1.29 is 9.53 Å². The Morgan fingerprint density at radius 3 is 2.35 bits per heavy atom. The van der Waals surface area contributed by atoms with Gasteiger partial charge in [0.2, 0.25) is 5.91 Å². The van der Waals surface area contributed by atoms with Crippen molar-refractivity contribution in [1.29, 1.82) is 0 Å². The van der Waals surface area contributed by atoms with E-state index < -0.39 is 0 Å². The highest BCUT2D eigenvalue weighted by Crippen LogP contribution is 2.13. The highest BCUT2D eigenvalue weighted by molar-refractivity contribution is 5.84. The third-order valence-corrected chi connectivity index (χ3v) is 3.10. The first-order chi connectivity index (χ1) is 11.1. The van der Waals surface area contributed by atoms with Gasteiger partial charge in [-0.05, 0) is 38.5 Å². The van der Waals surface area contributed by atoms with Crippen molar-refractivity contribution in [3.05, 3.63) is 29.8 Å². The maximum absolute atomic E-state index is 11.6. The topological polar surface area (TPSA) is 66.0 Å². The Labute approximate surface area is 138 Å². The van der Waals surface area contributed by atoms with Crippen LogP contribution in [0.15, 0.2) is 29.3 Å². The van der Waals surface area contributed by atoms with Gasteiger partial charge in [0.25, 0.3) is 0 Å². The molecule has 0 aliphatic rings. The Kier molecular flexibility index (Phi) is 8.57. The Morgan fingerprint density at radius 2 is 1.78 bits per heavy atom. The molecule has 1 amide bonds. The van der Waals surface area contributed by atoms with E-state index in [4.69, 9.17) is 4.74 Å². The molecule has 1 rings (SSSR count). The van der Waals surface area contributed by atoms with E-state index in [2.05, 4.69) is 15.6 Å². The molecule has 0 unspecified atom stereocenters. The number of amides is 1. The summed E-state index contributed by atoms with van der Waals surface area (Å²) in [5.74, 6) is 1.51. The number of guanidine groups is 1. The number of carbonyl (C=O) groups is 1. The summed E-state index contributed by atoms with van der Waals surface area (Å²) in [5, 5.41) is 5.95. The van der Waals surface area contributed by atoms with Gasteiger partial charge in [-0.1, -0.05) is 12.1 Å². The van der Waals surface area contributed by atoms with Crippen molar-refractivity contribution in [1.82, 2.24) is 15.5 Å². The predicted octanol–water partition coefficient (Wildman–Crippen LogP) is 1.62. The first-order valence-corrected chi connectivity index (χ1v) is 8.08. The van der Waals surface area contributed by atoms with Crippen LogP contribution in [0.25, 0.3) is 0 Å². The molecule has 0 aliphatic carbocycles. The molecule has 0 bridgehead atoms. The maximum Gasteiger partial charge on any atom is 0.241 e. The lowest BCUT2D eigenvalue weighted by atomic mass is 10.2. The molecule has 0 saturated heterocycles. The summed E-state index contributed by atoms with van der Waals surface area (Å²) in [4.78, 5) is 17.9. The first kappa shape index (κ1) is 18.8. The van der Waals surface area contributed by atoms with Gasteiger partial charge in [-0.2, -0.15) is 0 Å². The zero-order valence-electron chi connectivity index (χ0n) is 14.6. The second-order valence-electron chi connectivity index (χ2n) is 5.06. The fourth-order valence-corrected chi connectivity index (χ4v) is 2.08. The fourth-order valence-electron chi connectivity index (χ4n) is 2.08. The third-order valence-electron chi connectivity index (χ3n) is 3.10. The minimum Gasteiger partial charge on any atom is -0.494 e. The van der Waals surface area contributed by atoms with E-state index in [0.29, 0.717) is 25.7 Å². The van der Waals surface area contributed by atoms with Crippen LogP contribution in [0.4, 0.5) is 0 Å². The molecule has 0 atom stereocenters. The lowest BCUT2D eigenvalue weighted by molar-refractivity contribution is -0.119. The van der Waals surface area contributed by atoms with Gasteiger partial charge in [0.05, 0.1) is 6.61 Å². The van der Waals surface area contributed by atoms with Crippen LogP contribution >= 0.6 is 0 Å². The summed E-state index contributed by atoms with van der Waals surface area (Å²) in [6, 6.07) is 8.00. The predicted molar refractivity (Wildman–Crippen MR) is 93.7 cm³/mol. The number of nitrogens with one attached hydrogen (secondary N) is 2. The van der Waals surface area contributed by atoms with Gasteiger partial charge in [-0.3, -0.25) is 4.79 Å². The monoisotopic (exact) mass is 320 g/mol. The van der Waals surface area contributed by atoms with E-state index in [1.54, 1.807) is 0 Å². The van der Waals surface area contributed by atoms with Gasteiger partial charge in [0.1, 0.15) is 12.3 Å². The van der Waals surface area contributed by atoms with E-state index in [1.807, 2.05) is 57.0 Å². The molecule has 1 aromatic carbocycles. The first-order valence-electron chi connectivity index (χ1n) is 8.08. The van der Waals surface area contributed by atoms with Gasteiger partial charge in [-0.15, -0.1) is 0 Å². The lowest BCUT2D eigenvalue weighted by Crippen LogP contribution is -2.39. The van der Waals surface area contributed by atoms with Crippen molar-refractivity contribution in [2.24, 2.45) is 4.99 Å². The van der Waals surface area contributed by atoms with Crippen molar-refractivity contribution in [3.63, 3.8) is 0 Å². The summed E-state index contributed by atoms with van der Waals surface area (Å²) in [7, 11) is 1.95. The molecule has 128 valence electrons. The Hall–Kier alpha value is -2.24. The van der Waals surface area contributed by atoms with Gasteiger partial charge in [0.15, 0.2) is 5.96 Å². The van der Waals surface area contributed by atoms with Gasteiger partial charge < -0.3 is 20.3 Å². The number of aliphatic imine (C=N–C) groups is 1. The minimum absolute atomic E-state index is 0.0719. The standard InChI is InChI=1S/C17H28N4O2/c1-5-18-16(22)12-20-17(19-6-2)21(4)13-14-8-10-15(11-9-14)23-7-3/h8-11H,5-7,12-13H2,1-4H3,(H,18,22)(H,19,20). The lowest BCUT2D eigenvalue weighted by Gasteiger charge is -2.22. The van der Waals surface area contributed by atoms with Crippen molar-refractivity contribution in [2.45, 2.75) is 27.3 Å². The molecule has 0 aliphatic heterocycles. The summed E-state index contributed by atoms with van der Waals surface area (Å²) in [5.41, 5.74) is 1.15. The van der Waals surface area contributed by atoms with Crippen LogP contribution in [-0.2, 0) is 11.3 Å². The van der Waals surface area contributed by atoms with Crippen molar-refractivity contribution in [2.75, 3.05) is 33.3 Å². The number of benzene rings is 1. The highest BCUT2D eigenvalue weighted by Gasteiger charge is 2.08. The molecule has 0 spiro atoms. The van der Waals surface area contributed by atoms with Crippen molar-refractivity contribution >= 4 is 11.9 Å². The van der Waals surface area contributed by atoms with E-state index in [9.17, 15) is 4.79 Å². The number of rotatable bonds is 8. The molecular formula is C17H28N4O2. The molecule has 6 nitrogen and oxygen atoms in total. The van der Waals surface area contributed by atoms with Crippen LogP contribution < -0.4 is 15.4 Å². The maximum atomic E-state index is 11.6. The number of likely N-dealkylation sites (N-methyl/N-ethyl adjacent to an activating group) is 1. The van der Waals surface area contributed by atoms with E-state index in [1.165, 1.54) is 0 Å². The zero-order valence-corrected chi connectivity index (χ0v) is 14.6. The molecule has 23 heavy (non-hydrogen) atoms. The average Bonchev–Trinajstić information content (AvgIpc) is 2.53. The highest BCUT2D eigenvalue weighted by atomic mass is 16.5. The van der Waals surface area contributed by atoms with Crippen LogP contribution in [0.2, 0.25) is 0 Å². The third kappa shape index (κ3) is 7.04. The largest absolute Gasteiger partial charge is 0.494 e. The van der Waals surface area contributed by atoms with Crippen LogP contribution in [0.5, 0.6) is 5.75 Å². The molecule has 0 fully saturated rings. The Morgan fingerprint density at radius 1 is 1.13 bits per heavy atom. The molecule has 0 saturated carbocycles. The molecule has 2 N–H and O–H groups in total. The molecule has 1 aromatic rings. The van der Waals surface area contributed by atoms with Crippen molar-refractivity contribution in [3.8, 4) is 5.75 Å². The minimum atomic E-state index is -0.0719. The van der Waals surface area contributed by atoms with E-state index >= 15 is 0 Å². The smallest absolute Gasteiger partial charge is 0.241 e. The SMILES string of the molecule is CCNC(=O)CN=C(NCC)N(C)Cc1ccc(OCC)cc1. The fraction of sp³-hybridized carbons (Fsp3) is 0.529. The quantitative estimate of drug-likeness (QED) is 0.564. The molecule has 0 aromatic heterocycles. The van der Waals surface area contributed by atoms with Crippen LogP contribution in [-0.4, -0.2) is 50.1 Å². The second kappa shape index (κ2) is 10.5. The summed E-state index contributed by atoms with van der Waals surface area (Å²) in [6.07, 6.45) is 0. The summed E-state index contributed by atoms with van der Waals surface area (Å²) < 4.78 is 5.45. The summed E-state index contributed by atoms with van der Waals surface area (Å²) >= 11 is 0. The molecule has 0 radical (unpaired) electrons.